The maximum atomic E-state index is 11.9. The van der Waals surface area contributed by atoms with E-state index in [1.165, 1.54) is 6.33 Å². The summed E-state index contributed by atoms with van der Waals surface area (Å²) >= 11 is 0. The lowest BCUT2D eigenvalue weighted by Crippen LogP contribution is -2.31. The number of carbonyl (C=O) groups is 1. The van der Waals surface area contributed by atoms with Crippen molar-refractivity contribution >= 4 is 22.8 Å². The fourth-order valence-electron chi connectivity index (χ4n) is 2.49. The number of nitrogens with one attached hydrogen (secondary N) is 2. The number of methoxy groups -OCH3 is 1. The van der Waals surface area contributed by atoms with Gasteiger partial charge in [-0.3, -0.25) is 4.79 Å². The summed E-state index contributed by atoms with van der Waals surface area (Å²) in [6.07, 6.45) is 3.20. The first-order valence-corrected chi connectivity index (χ1v) is 8.62. The van der Waals surface area contributed by atoms with Gasteiger partial charge >= 0.3 is 0 Å². The molecule has 9 heteroatoms. The number of nitrogens with zero attached hydrogens (tertiary/aromatic N) is 4. The second-order valence-corrected chi connectivity index (χ2v) is 5.70. The molecular formula is C18H22N6O3. The zero-order chi connectivity index (χ0) is 18.9. The van der Waals surface area contributed by atoms with E-state index < -0.39 is 0 Å². The second kappa shape index (κ2) is 9.48. The maximum absolute atomic E-state index is 11.9. The molecule has 0 aliphatic heterocycles. The molecule has 0 radical (unpaired) electrons. The van der Waals surface area contributed by atoms with Crippen LogP contribution >= 0.6 is 0 Å². The molecule has 0 fully saturated rings. The van der Waals surface area contributed by atoms with E-state index in [9.17, 15) is 4.79 Å². The smallest absolute Gasteiger partial charge is 0.258 e. The van der Waals surface area contributed by atoms with Crippen molar-refractivity contribution in [2.45, 2.75) is 6.54 Å². The average Bonchev–Trinajstić information content (AvgIpc) is 3.11. The van der Waals surface area contributed by atoms with E-state index in [1.54, 1.807) is 30.1 Å². The van der Waals surface area contributed by atoms with E-state index >= 15 is 0 Å². The van der Waals surface area contributed by atoms with Crippen molar-refractivity contribution in [3.63, 3.8) is 0 Å². The SMILES string of the molecule is COCCNc1ncnc2c1cnn2CCNC(=O)COc1ccccc1. The van der Waals surface area contributed by atoms with Crippen LogP contribution in [0.5, 0.6) is 5.75 Å². The molecule has 1 amide bonds. The summed E-state index contributed by atoms with van der Waals surface area (Å²) in [4.78, 5) is 20.4. The highest BCUT2D eigenvalue weighted by atomic mass is 16.5. The van der Waals surface area contributed by atoms with Gasteiger partial charge in [-0.05, 0) is 12.1 Å². The van der Waals surface area contributed by atoms with Gasteiger partial charge in [-0.2, -0.15) is 5.10 Å². The first-order chi connectivity index (χ1) is 13.3. The standard InChI is InChI=1S/C18H22N6O3/c1-26-10-8-20-17-15-11-23-24(18(15)22-13-21-17)9-7-19-16(25)12-27-14-5-3-2-4-6-14/h2-6,11,13H,7-10,12H2,1H3,(H,19,25)(H,20,21,22). The summed E-state index contributed by atoms with van der Waals surface area (Å²) < 4.78 is 12.2. The van der Waals surface area contributed by atoms with Crippen LogP contribution in [0.1, 0.15) is 0 Å². The van der Waals surface area contributed by atoms with Crippen LogP contribution in [-0.2, 0) is 16.1 Å². The monoisotopic (exact) mass is 370 g/mol. The van der Waals surface area contributed by atoms with Crippen molar-refractivity contribution in [1.29, 1.82) is 0 Å². The number of fused-ring (bicyclic) bond motifs is 1. The molecule has 1 aromatic carbocycles. The van der Waals surface area contributed by atoms with E-state index in [-0.39, 0.29) is 12.5 Å². The molecule has 3 aromatic rings. The molecule has 2 heterocycles. The van der Waals surface area contributed by atoms with Crippen molar-refractivity contribution in [3.05, 3.63) is 42.9 Å². The third-order valence-corrected chi connectivity index (χ3v) is 3.79. The summed E-state index contributed by atoms with van der Waals surface area (Å²) in [6, 6.07) is 9.22. The lowest BCUT2D eigenvalue weighted by atomic mass is 10.3. The predicted octanol–water partition coefficient (Wildman–Crippen LogP) is 1.08. The van der Waals surface area contributed by atoms with Crippen molar-refractivity contribution in [2.75, 3.05) is 38.7 Å². The number of ether oxygens (including phenoxy) is 2. The Kier molecular flexibility index (Phi) is 6.53. The number of carbonyl (C=O) groups excluding carboxylic acids is 1. The molecule has 142 valence electrons. The van der Waals surface area contributed by atoms with Crippen molar-refractivity contribution in [2.24, 2.45) is 0 Å². The van der Waals surface area contributed by atoms with Gasteiger partial charge in [0.1, 0.15) is 17.9 Å². The normalized spacial score (nSPS) is 10.7. The Balaban J connectivity index is 1.50. The molecule has 27 heavy (non-hydrogen) atoms. The molecule has 0 aliphatic carbocycles. The van der Waals surface area contributed by atoms with Gasteiger partial charge in [-0.25, -0.2) is 14.6 Å². The van der Waals surface area contributed by atoms with Crippen LogP contribution < -0.4 is 15.4 Å². The van der Waals surface area contributed by atoms with Gasteiger partial charge in [0.2, 0.25) is 0 Å². The molecule has 0 atom stereocenters. The highest BCUT2D eigenvalue weighted by molar-refractivity contribution is 5.86. The lowest BCUT2D eigenvalue weighted by Gasteiger charge is -2.08. The second-order valence-electron chi connectivity index (χ2n) is 5.70. The van der Waals surface area contributed by atoms with Crippen LogP contribution in [-0.4, -0.2) is 59.1 Å². The van der Waals surface area contributed by atoms with Crippen LogP contribution in [0.3, 0.4) is 0 Å². The number of para-hydroxylation sites is 1. The molecule has 9 nitrogen and oxygen atoms in total. The van der Waals surface area contributed by atoms with Crippen LogP contribution in [0, 0.1) is 0 Å². The number of amides is 1. The van der Waals surface area contributed by atoms with Crippen LogP contribution in [0.25, 0.3) is 11.0 Å². The Labute approximate surface area is 156 Å². The van der Waals surface area contributed by atoms with E-state index in [2.05, 4.69) is 25.7 Å². The number of hydrogen-bond acceptors (Lipinski definition) is 7. The van der Waals surface area contributed by atoms with Gasteiger partial charge in [0.25, 0.3) is 5.91 Å². The first kappa shape index (κ1) is 18.6. The average molecular weight is 370 g/mol. The third kappa shape index (κ3) is 5.14. The molecular weight excluding hydrogens is 348 g/mol. The summed E-state index contributed by atoms with van der Waals surface area (Å²) in [5.41, 5.74) is 0.708. The van der Waals surface area contributed by atoms with Crippen molar-refractivity contribution in [3.8, 4) is 5.75 Å². The Hall–Kier alpha value is -3.20. The van der Waals surface area contributed by atoms with Crippen LogP contribution in [0.15, 0.2) is 42.9 Å². The fourth-order valence-corrected chi connectivity index (χ4v) is 2.49. The van der Waals surface area contributed by atoms with E-state index in [4.69, 9.17) is 9.47 Å². The molecule has 2 N–H and O–H groups in total. The first-order valence-electron chi connectivity index (χ1n) is 8.62. The lowest BCUT2D eigenvalue weighted by molar-refractivity contribution is -0.123. The van der Waals surface area contributed by atoms with Gasteiger partial charge < -0.3 is 20.1 Å². The Bertz CT molecular complexity index is 868. The summed E-state index contributed by atoms with van der Waals surface area (Å²) in [6.45, 7) is 2.11. The molecule has 2 aromatic heterocycles. The predicted molar refractivity (Wildman–Crippen MR) is 101 cm³/mol. The molecule has 0 saturated carbocycles. The number of anilines is 1. The molecule has 0 bridgehead atoms. The maximum Gasteiger partial charge on any atom is 0.258 e. The molecule has 0 saturated heterocycles. The topological polar surface area (TPSA) is 103 Å². The summed E-state index contributed by atoms with van der Waals surface area (Å²) in [5, 5.41) is 11.2. The third-order valence-electron chi connectivity index (χ3n) is 3.79. The molecule has 0 unspecified atom stereocenters. The number of rotatable bonds is 10. The Morgan fingerprint density at radius 3 is 2.85 bits per heavy atom. The fraction of sp³-hybridized carbons (Fsp3) is 0.333. The van der Waals surface area contributed by atoms with Gasteiger partial charge in [-0.1, -0.05) is 18.2 Å². The highest BCUT2D eigenvalue weighted by Crippen LogP contribution is 2.18. The van der Waals surface area contributed by atoms with E-state index in [0.29, 0.717) is 43.5 Å². The van der Waals surface area contributed by atoms with E-state index in [1.807, 2.05) is 18.2 Å². The largest absolute Gasteiger partial charge is 0.484 e. The van der Waals surface area contributed by atoms with E-state index in [0.717, 1.165) is 5.39 Å². The van der Waals surface area contributed by atoms with Crippen molar-refractivity contribution in [1.82, 2.24) is 25.1 Å². The van der Waals surface area contributed by atoms with Gasteiger partial charge in [0, 0.05) is 20.2 Å². The van der Waals surface area contributed by atoms with Crippen LogP contribution in [0.2, 0.25) is 0 Å². The van der Waals surface area contributed by atoms with Crippen LogP contribution in [0.4, 0.5) is 5.82 Å². The van der Waals surface area contributed by atoms with Crippen molar-refractivity contribution < 1.29 is 14.3 Å². The summed E-state index contributed by atoms with van der Waals surface area (Å²) in [5.74, 6) is 1.19. The quantitative estimate of drug-likeness (QED) is 0.515. The number of hydrogen-bond donors (Lipinski definition) is 2. The zero-order valence-corrected chi connectivity index (χ0v) is 15.1. The number of benzene rings is 1. The minimum absolute atomic E-state index is 0.0282. The highest BCUT2D eigenvalue weighted by Gasteiger charge is 2.10. The molecule has 0 aliphatic rings. The Morgan fingerprint density at radius 1 is 1.19 bits per heavy atom. The minimum atomic E-state index is -0.188. The van der Waals surface area contributed by atoms with Gasteiger partial charge in [0.05, 0.1) is 24.7 Å². The zero-order valence-electron chi connectivity index (χ0n) is 15.1. The summed E-state index contributed by atoms with van der Waals surface area (Å²) in [7, 11) is 1.65. The Morgan fingerprint density at radius 2 is 2.04 bits per heavy atom. The molecule has 3 rings (SSSR count). The van der Waals surface area contributed by atoms with Gasteiger partial charge in [0.15, 0.2) is 12.3 Å². The molecule has 0 spiro atoms. The van der Waals surface area contributed by atoms with Gasteiger partial charge in [-0.15, -0.1) is 0 Å². The number of aromatic nitrogens is 4. The minimum Gasteiger partial charge on any atom is -0.484 e.